The first kappa shape index (κ1) is 20.7. The fourth-order valence-electron chi connectivity index (χ4n) is 2.67. The van der Waals surface area contributed by atoms with Crippen molar-refractivity contribution < 1.29 is 23.1 Å². The summed E-state index contributed by atoms with van der Waals surface area (Å²) in [5, 5.41) is 13.3. The molecule has 3 rings (SSSR count). The third kappa shape index (κ3) is 4.54. The lowest BCUT2D eigenvalue weighted by Crippen LogP contribution is -2.47. The number of carbonyl (C=O) groups excluding carboxylic acids is 1. The van der Waals surface area contributed by atoms with Crippen molar-refractivity contribution in [3.63, 3.8) is 0 Å². The smallest absolute Gasteiger partial charge is 0.388 e. The van der Waals surface area contributed by atoms with Crippen LogP contribution in [0, 0.1) is 0 Å². The Morgan fingerprint density at radius 1 is 1.07 bits per heavy atom. The van der Waals surface area contributed by atoms with Gasteiger partial charge in [0.15, 0.2) is 0 Å². The van der Waals surface area contributed by atoms with E-state index in [1.165, 1.54) is 24.4 Å². The zero-order valence-corrected chi connectivity index (χ0v) is 16.1. The lowest BCUT2D eigenvalue weighted by Gasteiger charge is -2.26. The number of carbonyl (C=O) groups is 1. The number of nitrogens with one attached hydrogen (secondary N) is 1. The van der Waals surface area contributed by atoms with Crippen LogP contribution >= 0.6 is 0 Å². The van der Waals surface area contributed by atoms with Gasteiger partial charge in [0.2, 0.25) is 0 Å². The van der Waals surface area contributed by atoms with Gasteiger partial charge in [0.25, 0.3) is 5.91 Å². The maximum Gasteiger partial charge on any atom is 0.416 e. The van der Waals surface area contributed by atoms with Crippen LogP contribution in [0.1, 0.15) is 36.8 Å². The van der Waals surface area contributed by atoms with Gasteiger partial charge in [-0.25, -0.2) is 4.98 Å². The number of hydrogen-bond acceptors (Lipinski definition) is 4. The third-order valence-electron chi connectivity index (χ3n) is 4.76. The molecule has 0 saturated heterocycles. The number of pyridine rings is 2. The molecule has 5 nitrogen and oxygen atoms in total. The molecule has 0 aliphatic carbocycles. The summed E-state index contributed by atoms with van der Waals surface area (Å²) >= 11 is 0. The lowest BCUT2D eigenvalue weighted by molar-refractivity contribution is -0.137. The minimum absolute atomic E-state index is 0.132. The van der Waals surface area contributed by atoms with Gasteiger partial charge in [0.05, 0.1) is 22.7 Å². The second kappa shape index (κ2) is 7.44. The quantitative estimate of drug-likeness (QED) is 0.685. The number of hydrogen-bond donors (Lipinski definition) is 2. The summed E-state index contributed by atoms with van der Waals surface area (Å²) in [4.78, 5) is 21.0. The van der Waals surface area contributed by atoms with Crippen LogP contribution in [0.4, 0.5) is 13.2 Å². The monoisotopic (exact) mass is 403 g/mol. The van der Waals surface area contributed by atoms with Crippen LogP contribution in [0.3, 0.4) is 0 Å². The van der Waals surface area contributed by atoms with Crippen LogP contribution in [0.25, 0.3) is 22.0 Å². The first-order chi connectivity index (χ1) is 13.5. The molecule has 1 aromatic carbocycles. The molecule has 0 radical (unpaired) electrons. The molecule has 2 heterocycles. The molecule has 1 unspecified atom stereocenters. The number of halogens is 3. The van der Waals surface area contributed by atoms with Crippen molar-refractivity contribution >= 4 is 16.8 Å². The van der Waals surface area contributed by atoms with Gasteiger partial charge >= 0.3 is 6.18 Å². The Balaban J connectivity index is 2.00. The molecule has 29 heavy (non-hydrogen) atoms. The topological polar surface area (TPSA) is 75.1 Å². The number of fused-ring (bicyclic) bond motifs is 1. The highest BCUT2D eigenvalue weighted by Gasteiger charge is 2.30. The Morgan fingerprint density at radius 3 is 2.31 bits per heavy atom. The van der Waals surface area contributed by atoms with Crippen molar-refractivity contribution in [3.8, 4) is 11.1 Å². The van der Waals surface area contributed by atoms with Gasteiger partial charge in [-0.2, -0.15) is 13.2 Å². The fraction of sp³-hybridized carbons (Fsp3) is 0.286. The summed E-state index contributed by atoms with van der Waals surface area (Å²) < 4.78 is 38.5. The van der Waals surface area contributed by atoms with E-state index >= 15 is 0 Å². The van der Waals surface area contributed by atoms with Gasteiger partial charge < -0.3 is 10.4 Å². The minimum Gasteiger partial charge on any atom is -0.388 e. The molecule has 0 bridgehead atoms. The Morgan fingerprint density at radius 2 is 1.72 bits per heavy atom. The third-order valence-corrected chi connectivity index (χ3v) is 4.76. The highest BCUT2D eigenvalue weighted by Crippen LogP contribution is 2.32. The molecule has 3 aromatic rings. The summed E-state index contributed by atoms with van der Waals surface area (Å²) in [6.07, 6.45) is -1.35. The number of alkyl halides is 3. The van der Waals surface area contributed by atoms with Crippen molar-refractivity contribution in [2.24, 2.45) is 0 Å². The Bertz CT molecular complexity index is 1040. The Kier molecular flexibility index (Phi) is 5.32. The summed E-state index contributed by atoms with van der Waals surface area (Å²) in [7, 11) is 0. The molecule has 2 aromatic heterocycles. The van der Waals surface area contributed by atoms with Gasteiger partial charge in [-0.15, -0.1) is 0 Å². The standard InChI is InChI=1S/C21H20F3N3O2/c1-12(20(2,3)29)26-19(28)17-9-6-14-10-25-11-16(18(14)27-17)13-4-7-15(8-5-13)21(22,23)24/h4-12,29H,1-3H3,(H,26,28). The van der Waals surface area contributed by atoms with Crippen LogP contribution in [0.5, 0.6) is 0 Å². The van der Waals surface area contributed by atoms with E-state index in [9.17, 15) is 23.1 Å². The second-order valence-electron chi connectivity index (χ2n) is 7.38. The van der Waals surface area contributed by atoms with Crippen molar-refractivity contribution in [3.05, 3.63) is 60.0 Å². The summed E-state index contributed by atoms with van der Waals surface area (Å²) in [5.74, 6) is -0.461. The van der Waals surface area contributed by atoms with E-state index in [0.29, 0.717) is 22.0 Å². The molecule has 2 N–H and O–H groups in total. The lowest BCUT2D eigenvalue weighted by atomic mass is 10.0. The fourth-order valence-corrected chi connectivity index (χ4v) is 2.67. The zero-order chi connectivity index (χ0) is 21.4. The van der Waals surface area contributed by atoms with E-state index in [1.807, 2.05) is 0 Å². The van der Waals surface area contributed by atoms with Gasteiger partial charge in [-0.1, -0.05) is 12.1 Å². The highest BCUT2D eigenvalue weighted by molar-refractivity contribution is 5.98. The van der Waals surface area contributed by atoms with Crippen LogP contribution in [-0.4, -0.2) is 32.6 Å². The first-order valence-corrected chi connectivity index (χ1v) is 8.92. The molecule has 0 aliphatic rings. The van der Waals surface area contributed by atoms with Gasteiger partial charge in [0, 0.05) is 23.3 Å². The van der Waals surface area contributed by atoms with Crippen LogP contribution in [-0.2, 0) is 6.18 Å². The van der Waals surface area contributed by atoms with Crippen molar-refractivity contribution in [2.45, 2.75) is 38.6 Å². The maximum absolute atomic E-state index is 12.8. The Hall–Kier alpha value is -3.00. The van der Waals surface area contributed by atoms with Gasteiger partial charge in [0.1, 0.15) is 5.69 Å². The summed E-state index contributed by atoms with van der Waals surface area (Å²) in [5.41, 5.74) is -0.256. The van der Waals surface area contributed by atoms with Crippen molar-refractivity contribution in [1.29, 1.82) is 0 Å². The minimum atomic E-state index is -4.42. The average molecular weight is 403 g/mol. The zero-order valence-electron chi connectivity index (χ0n) is 16.1. The van der Waals surface area contributed by atoms with E-state index in [2.05, 4.69) is 15.3 Å². The highest BCUT2D eigenvalue weighted by atomic mass is 19.4. The van der Waals surface area contributed by atoms with Crippen LogP contribution < -0.4 is 5.32 Å². The number of aliphatic hydroxyl groups is 1. The van der Waals surface area contributed by atoms with E-state index in [4.69, 9.17) is 0 Å². The number of rotatable bonds is 4. The number of benzene rings is 1. The van der Waals surface area contributed by atoms with Crippen LogP contribution in [0.2, 0.25) is 0 Å². The molecular weight excluding hydrogens is 383 g/mol. The summed E-state index contributed by atoms with van der Waals surface area (Å²) in [6.45, 7) is 4.84. The molecule has 0 aliphatic heterocycles. The molecule has 1 atom stereocenters. The van der Waals surface area contributed by atoms with Crippen molar-refractivity contribution in [2.75, 3.05) is 0 Å². The first-order valence-electron chi connectivity index (χ1n) is 8.92. The predicted molar refractivity (Wildman–Crippen MR) is 103 cm³/mol. The van der Waals surface area contributed by atoms with Crippen molar-refractivity contribution in [1.82, 2.24) is 15.3 Å². The molecule has 152 valence electrons. The molecule has 0 fully saturated rings. The predicted octanol–water partition coefficient (Wildman–Crippen LogP) is 4.20. The maximum atomic E-state index is 12.8. The van der Waals surface area contributed by atoms with E-state index in [-0.39, 0.29) is 5.69 Å². The second-order valence-corrected chi connectivity index (χ2v) is 7.38. The molecule has 8 heteroatoms. The Labute approximate surface area is 165 Å². The molecular formula is C21H20F3N3O2. The number of amides is 1. The average Bonchev–Trinajstić information content (AvgIpc) is 2.65. The van der Waals surface area contributed by atoms with E-state index in [1.54, 1.807) is 33.0 Å². The molecule has 1 amide bonds. The van der Waals surface area contributed by atoms with E-state index < -0.39 is 29.3 Å². The SMILES string of the molecule is CC(NC(=O)c1ccc2cncc(-c3ccc(C(F)(F)F)cc3)c2n1)C(C)(C)O. The van der Waals surface area contributed by atoms with E-state index in [0.717, 1.165) is 12.1 Å². The summed E-state index contributed by atoms with van der Waals surface area (Å²) in [6, 6.07) is 7.39. The van der Waals surface area contributed by atoms with Crippen LogP contribution in [0.15, 0.2) is 48.8 Å². The van der Waals surface area contributed by atoms with Gasteiger partial charge in [-0.3, -0.25) is 9.78 Å². The molecule has 0 spiro atoms. The molecule has 0 saturated carbocycles. The van der Waals surface area contributed by atoms with Gasteiger partial charge in [-0.05, 0) is 50.6 Å². The normalized spacial score (nSPS) is 13.3. The number of aromatic nitrogens is 2. The largest absolute Gasteiger partial charge is 0.416 e. The number of nitrogens with zero attached hydrogens (tertiary/aromatic N) is 2.